The number of hydrogen-bond donors (Lipinski definition) is 0. The van der Waals surface area contributed by atoms with Crippen molar-refractivity contribution in [3.63, 3.8) is 0 Å². The predicted molar refractivity (Wildman–Crippen MR) is 75.9 cm³/mol. The molecule has 3 heteroatoms. The van der Waals surface area contributed by atoms with Gasteiger partial charge in [0.2, 0.25) is 0 Å². The first kappa shape index (κ1) is 14.1. The smallest absolute Gasteiger partial charge is 0.323 e. The van der Waals surface area contributed by atoms with Crippen LogP contribution in [0.2, 0.25) is 0 Å². The molecular weight excluding hydrogens is 238 g/mol. The van der Waals surface area contributed by atoms with Crippen molar-refractivity contribution in [2.45, 2.75) is 45.7 Å². The molecule has 1 aromatic carbocycles. The Morgan fingerprint density at radius 1 is 1.26 bits per heavy atom. The monoisotopic (exact) mass is 261 g/mol. The lowest BCUT2D eigenvalue weighted by Crippen LogP contribution is -2.36. The zero-order valence-corrected chi connectivity index (χ0v) is 11.9. The number of ether oxygens (including phenoxy) is 1. The van der Waals surface area contributed by atoms with Crippen molar-refractivity contribution in [3.05, 3.63) is 35.4 Å². The van der Waals surface area contributed by atoms with E-state index in [0.29, 0.717) is 6.61 Å². The van der Waals surface area contributed by atoms with Gasteiger partial charge in [-0.15, -0.1) is 0 Å². The van der Waals surface area contributed by atoms with E-state index in [0.717, 1.165) is 32.4 Å². The minimum absolute atomic E-state index is 0.0502. The molecule has 1 aliphatic rings. The van der Waals surface area contributed by atoms with Crippen LogP contribution in [-0.4, -0.2) is 30.1 Å². The number of aryl methyl sites for hydroxylation is 1. The van der Waals surface area contributed by atoms with Crippen molar-refractivity contribution in [1.82, 2.24) is 4.90 Å². The summed E-state index contributed by atoms with van der Waals surface area (Å²) in [6.45, 7) is 6.31. The summed E-state index contributed by atoms with van der Waals surface area (Å²) >= 11 is 0. The van der Waals surface area contributed by atoms with Crippen LogP contribution in [0.5, 0.6) is 0 Å². The van der Waals surface area contributed by atoms with Gasteiger partial charge in [0, 0.05) is 6.54 Å². The third kappa shape index (κ3) is 3.57. The average molecular weight is 261 g/mol. The molecule has 1 aliphatic heterocycles. The van der Waals surface area contributed by atoms with E-state index in [1.807, 2.05) is 6.92 Å². The summed E-state index contributed by atoms with van der Waals surface area (Å²) in [6.07, 6.45) is 3.07. The van der Waals surface area contributed by atoms with E-state index < -0.39 is 0 Å². The lowest BCUT2D eigenvalue weighted by Gasteiger charge is -2.22. The summed E-state index contributed by atoms with van der Waals surface area (Å²) in [7, 11) is 0. The number of rotatable bonds is 5. The van der Waals surface area contributed by atoms with Gasteiger partial charge in [0.15, 0.2) is 0 Å². The van der Waals surface area contributed by atoms with Gasteiger partial charge in [-0.3, -0.25) is 9.69 Å². The number of esters is 1. The molecular formula is C16H23NO2. The minimum atomic E-state index is -0.0646. The van der Waals surface area contributed by atoms with E-state index in [1.54, 1.807) is 0 Å². The lowest BCUT2D eigenvalue weighted by atomic mass is 10.1. The third-order valence-corrected chi connectivity index (χ3v) is 3.74. The average Bonchev–Trinajstić information content (AvgIpc) is 2.88. The molecule has 0 aromatic heterocycles. The second-order valence-corrected chi connectivity index (χ2v) is 5.05. The van der Waals surface area contributed by atoms with Gasteiger partial charge in [0.25, 0.3) is 0 Å². The van der Waals surface area contributed by atoms with Crippen molar-refractivity contribution < 1.29 is 9.53 Å². The van der Waals surface area contributed by atoms with Gasteiger partial charge in [-0.05, 0) is 43.9 Å². The lowest BCUT2D eigenvalue weighted by molar-refractivity contribution is -0.148. The SMILES string of the molecule is CCOC(=O)C1CCCN1Cc1ccc(CC)cc1. The highest BCUT2D eigenvalue weighted by Crippen LogP contribution is 2.21. The maximum absolute atomic E-state index is 11.9. The number of nitrogens with zero attached hydrogens (tertiary/aromatic N) is 1. The van der Waals surface area contributed by atoms with Crippen LogP contribution >= 0.6 is 0 Å². The number of benzene rings is 1. The van der Waals surface area contributed by atoms with Crippen molar-refractivity contribution in [3.8, 4) is 0 Å². The van der Waals surface area contributed by atoms with Crippen molar-refractivity contribution >= 4 is 5.97 Å². The largest absolute Gasteiger partial charge is 0.465 e. The summed E-state index contributed by atoms with van der Waals surface area (Å²) in [4.78, 5) is 14.1. The van der Waals surface area contributed by atoms with E-state index in [1.165, 1.54) is 11.1 Å². The fourth-order valence-corrected chi connectivity index (χ4v) is 2.64. The van der Waals surface area contributed by atoms with Crippen LogP contribution in [0.4, 0.5) is 0 Å². The normalized spacial score (nSPS) is 19.6. The number of carbonyl (C=O) groups excluding carboxylic acids is 1. The molecule has 19 heavy (non-hydrogen) atoms. The zero-order chi connectivity index (χ0) is 13.7. The fraction of sp³-hybridized carbons (Fsp3) is 0.562. The summed E-state index contributed by atoms with van der Waals surface area (Å²) < 4.78 is 5.15. The summed E-state index contributed by atoms with van der Waals surface area (Å²) in [6, 6.07) is 8.62. The van der Waals surface area contributed by atoms with Crippen LogP contribution in [0.15, 0.2) is 24.3 Å². The van der Waals surface area contributed by atoms with Crippen molar-refractivity contribution in [2.24, 2.45) is 0 Å². The quantitative estimate of drug-likeness (QED) is 0.763. The summed E-state index contributed by atoms with van der Waals surface area (Å²) in [5.74, 6) is -0.0646. The standard InChI is InChI=1S/C16H23NO2/c1-3-13-7-9-14(10-8-13)12-17-11-5-6-15(17)16(18)19-4-2/h7-10,15H,3-6,11-12H2,1-2H3. The first-order valence-corrected chi connectivity index (χ1v) is 7.23. The van der Waals surface area contributed by atoms with E-state index in [-0.39, 0.29) is 12.0 Å². The van der Waals surface area contributed by atoms with Gasteiger partial charge >= 0.3 is 5.97 Å². The molecule has 0 N–H and O–H groups in total. The van der Waals surface area contributed by atoms with E-state index in [2.05, 4.69) is 36.1 Å². The highest BCUT2D eigenvalue weighted by atomic mass is 16.5. The van der Waals surface area contributed by atoms with E-state index in [9.17, 15) is 4.79 Å². The van der Waals surface area contributed by atoms with Gasteiger partial charge in [-0.1, -0.05) is 31.2 Å². The maximum atomic E-state index is 11.9. The second-order valence-electron chi connectivity index (χ2n) is 5.05. The molecule has 0 spiro atoms. The fourth-order valence-electron chi connectivity index (χ4n) is 2.64. The van der Waals surface area contributed by atoms with E-state index in [4.69, 9.17) is 4.74 Å². The Hall–Kier alpha value is -1.35. The Balaban J connectivity index is 1.98. The van der Waals surface area contributed by atoms with Gasteiger partial charge in [-0.25, -0.2) is 0 Å². The van der Waals surface area contributed by atoms with Crippen molar-refractivity contribution in [1.29, 1.82) is 0 Å². The Morgan fingerprint density at radius 3 is 2.58 bits per heavy atom. The Morgan fingerprint density at radius 2 is 1.95 bits per heavy atom. The Bertz CT molecular complexity index is 413. The first-order chi connectivity index (χ1) is 9.24. The van der Waals surface area contributed by atoms with Crippen LogP contribution < -0.4 is 0 Å². The van der Waals surface area contributed by atoms with Gasteiger partial charge in [0.05, 0.1) is 6.61 Å². The van der Waals surface area contributed by atoms with Gasteiger partial charge in [0.1, 0.15) is 6.04 Å². The van der Waals surface area contributed by atoms with Crippen LogP contribution in [0.3, 0.4) is 0 Å². The number of carbonyl (C=O) groups is 1. The Labute approximate surface area is 115 Å². The van der Waals surface area contributed by atoms with E-state index >= 15 is 0 Å². The molecule has 104 valence electrons. The third-order valence-electron chi connectivity index (χ3n) is 3.74. The van der Waals surface area contributed by atoms with Crippen LogP contribution in [0, 0.1) is 0 Å². The zero-order valence-electron chi connectivity index (χ0n) is 11.9. The van der Waals surface area contributed by atoms with Crippen LogP contribution in [-0.2, 0) is 22.5 Å². The van der Waals surface area contributed by atoms with Gasteiger partial charge in [-0.2, -0.15) is 0 Å². The van der Waals surface area contributed by atoms with Crippen LogP contribution in [0.1, 0.15) is 37.8 Å². The predicted octanol–water partition coefficient (Wildman–Crippen LogP) is 2.78. The molecule has 0 bridgehead atoms. The first-order valence-electron chi connectivity index (χ1n) is 7.23. The van der Waals surface area contributed by atoms with Crippen molar-refractivity contribution in [2.75, 3.05) is 13.2 Å². The molecule has 3 nitrogen and oxygen atoms in total. The highest BCUT2D eigenvalue weighted by molar-refractivity contribution is 5.76. The molecule has 1 heterocycles. The Kier molecular flexibility index (Phi) is 4.97. The topological polar surface area (TPSA) is 29.5 Å². The molecule has 1 unspecified atom stereocenters. The molecule has 1 atom stereocenters. The molecule has 0 radical (unpaired) electrons. The van der Waals surface area contributed by atoms with Crippen LogP contribution in [0.25, 0.3) is 0 Å². The molecule has 2 rings (SSSR count). The number of likely N-dealkylation sites (tertiary alicyclic amines) is 1. The molecule has 0 amide bonds. The molecule has 1 saturated heterocycles. The summed E-state index contributed by atoms with van der Waals surface area (Å²) in [5, 5.41) is 0. The minimum Gasteiger partial charge on any atom is -0.465 e. The molecule has 1 fully saturated rings. The second kappa shape index (κ2) is 6.71. The molecule has 1 aromatic rings. The molecule has 0 aliphatic carbocycles. The van der Waals surface area contributed by atoms with Gasteiger partial charge < -0.3 is 4.74 Å². The molecule has 0 saturated carbocycles. The summed E-state index contributed by atoms with van der Waals surface area (Å²) in [5.41, 5.74) is 2.63. The number of hydrogen-bond acceptors (Lipinski definition) is 3. The maximum Gasteiger partial charge on any atom is 0.323 e. The highest BCUT2D eigenvalue weighted by Gasteiger charge is 2.31.